The zero-order valence-electron chi connectivity index (χ0n) is 13.1. The van der Waals surface area contributed by atoms with Gasteiger partial charge >= 0.3 is 0 Å². The highest BCUT2D eigenvalue weighted by Gasteiger charge is 2.30. The summed E-state index contributed by atoms with van der Waals surface area (Å²) in [5.41, 5.74) is 13.4. The van der Waals surface area contributed by atoms with Crippen molar-refractivity contribution in [3.63, 3.8) is 0 Å². The number of anilines is 2. The number of rotatable bonds is 3. The standard InChI is InChI=1S/C16H14Br2N4O2S/c1-9-15(16(20)22(21-9)10-5-3-2-4-6-10)25(23,24)14-8-11(17)13(19)7-12(14)18/h2-8H,19-20H2,1H3. The normalized spacial score (nSPS) is 11.6. The highest BCUT2D eigenvalue weighted by Crippen LogP contribution is 2.37. The molecule has 2 aromatic carbocycles. The van der Waals surface area contributed by atoms with Crippen LogP contribution < -0.4 is 11.5 Å². The Labute approximate surface area is 162 Å². The quantitative estimate of drug-likeness (QED) is 0.550. The van der Waals surface area contributed by atoms with Crippen molar-refractivity contribution in [2.75, 3.05) is 11.5 Å². The summed E-state index contributed by atoms with van der Waals surface area (Å²) in [6.45, 7) is 1.61. The first kappa shape index (κ1) is 18.0. The molecule has 4 N–H and O–H groups in total. The molecule has 0 atom stereocenters. The van der Waals surface area contributed by atoms with Crippen molar-refractivity contribution in [3.8, 4) is 5.69 Å². The maximum atomic E-state index is 13.2. The molecule has 0 saturated heterocycles. The predicted octanol–water partition coefficient (Wildman–Crippen LogP) is 3.70. The molecule has 6 nitrogen and oxygen atoms in total. The first-order valence-electron chi connectivity index (χ1n) is 7.13. The van der Waals surface area contributed by atoms with Gasteiger partial charge in [0, 0.05) is 14.6 Å². The smallest absolute Gasteiger partial charge is 0.213 e. The highest BCUT2D eigenvalue weighted by molar-refractivity contribution is 9.11. The third-order valence-electron chi connectivity index (χ3n) is 3.65. The number of hydrogen-bond acceptors (Lipinski definition) is 5. The van der Waals surface area contributed by atoms with Gasteiger partial charge in [0.1, 0.15) is 10.7 Å². The van der Waals surface area contributed by atoms with Gasteiger partial charge in [0.25, 0.3) is 0 Å². The van der Waals surface area contributed by atoms with Crippen molar-refractivity contribution < 1.29 is 8.42 Å². The van der Waals surface area contributed by atoms with E-state index in [4.69, 9.17) is 11.5 Å². The van der Waals surface area contributed by atoms with E-state index in [-0.39, 0.29) is 15.6 Å². The molecule has 0 radical (unpaired) electrons. The maximum Gasteiger partial charge on any atom is 0.213 e. The largest absolute Gasteiger partial charge is 0.398 e. The van der Waals surface area contributed by atoms with Crippen LogP contribution in [0.2, 0.25) is 0 Å². The van der Waals surface area contributed by atoms with Crippen LogP contribution in [0.15, 0.2) is 61.2 Å². The number of aryl methyl sites for hydroxylation is 1. The Morgan fingerprint density at radius 3 is 2.32 bits per heavy atom. The number of aromatic nitrogens is 2. The Hall–Kier alpha value is -1.84. The molecule has 0 saturated carbocycles. The zero-order valence-corrected chi connectivity index (χ0v) is 17.1. The zero-order chi connectivity index (χ0) is 18.4. The molecular weight excluding hydrogens is 472 g/mol. The van der Waals surface area contributed by atoms with Crippen LogP contribution in [0.25, 0.3) is 5.69 Å². The lowest BCUT2D eigenvalue weighted by Crippen LogP contribution is -2.09. The molecule has 3 rings (SSSR count). The van der Waals surface area contributed by atoms with E-state index in [9.17, 15) is 8.42 Å². The lowest BCUT2D eigenvalue weighted by Gasteiger charge is -2.10. The number of halogens is 2. The van der Waals surface area contributed by atoms with E-state index in [2.05, 4.69) is 37.0 Å². The van der Waals surface area contributed by atoms with Gasteiger partial charge in [-0.15, -0.1) is 0 Å². The van der Waals surface area contributed by atoms with Crippen LogP contribution in [0.3, 0.4) is 0 Å². The number of nitrogens with zero attached hydrogens (tertiary/aromatic N) is 2. The van der Waals surface area contributed by atoms with Crippen LogP contribution in [0, 0.1) is 6.92 Å². The summed E-state index contributed by atoms with van der Waals surface area (Å²) in [5.74, 6) is 0.0588. The van der Waals surface area contributed by atoms with Crippen molar-refractivity contribution >= 4 is 53.2 Å². The predicted molar refractivity (Wildman–Crippen MR) is 104 cm³/mol. The Bertz CT molecular complexity index is 1060. The van der Waals surface area contributed by atoms with Crippen molar-refractivity contribution in [1.82, 2.24) is 9.78 Å². The number of sulfone groups is 1. The summed E-state index contributed by atoms with van der Waals surface area (Å²) in [6.07, 6.45) is 0. The molecule has 0 aliphatic heterocycles. The molecule has 9 heteroatoms. The number of hydrogen-bond donors (Lipinski definition) is 2. The third-order valence-corrected chi connectivity index (χ3v) is 7.21. The number of nitrogen functional groups attached to an aromatic ring is 2. The van der Waals surface area contributed by atoms with E-state index >= 15 is 0 Å². The van der Waals surface area contributed by atoms with Gasteiger partial charge in [-0.3, -0.25) is 0 Å². The van der Waals surface area contributed by atoms with E-state index in [1.54, 1.807) is 19.1 Å². The van der Waals surface area contributed by atoms with E-state index < -0.39 is 9.84 Å². The lowest BCUT2D eigenvalue weighted by atomic mass is 10.3. The summed E-state index contributed by atoms with van der Waals surface area (Å²) in [5, 5.41) is 4.30. The van der Waals surface area contributed by atoms with Crippen LogP contribution in [0.4, 0.5) is 11.5 Å². The summed E-state index contributed by atoms with van der Waals surface area (Å²) in [7, 11) is -3.90. The van der Waals surface area contributed by atoms with Crippen molar-refractivity contribution in [2.24, 2.45) is 0 Å². The maximum absolute atomic E-state index is 13.2. The van der Waals surface area contributed by atoms with Gasteiger partial charge in [-0.25, -0.2) is 13.1 Å². The second-order valence-corrected chi connectivity index (χ2v) is 8.92. The molecule has 1 heterocycles. The first-order valence-corrected chi connectivity index (χ1v) is 10.2. The molecule has 0 bridgehead atoms. The summed E-state index contributed by atoms with van der Waals surface area (Å²) >= 11 is 6.53. The molecular formula is C16H14Br2N4O2S. The van der Waals surface area contributed by atoms with Crippen molar-refractivity contribution in [2.45, 2.75) is 16.7 Å². The Morgan fingerprint density at radius 1 is 1.04 bits per heavy atom. The second-order valence-electron chi connectivity index (χ2n) is 5.35. The van der Waals surface area contributed by atoms with Crippen LogP contribution in [-0.4, -0.2) is 18.2 Å². The van der Waals surface area contributed by atoms with Crippen molar-refractivity contribution in [3.05, 3.63) is 57.1 Å². The SMILES string of the molecule is Cc1nn(-c2ccccc2)c(N)c1S(=O)(=O)c1cc(Br)c(N)cc1Br. The minimum Gasteiger partial charge on any atom is -0.398 e. The van der Waals surface area contributed by atoms with Crippen LogP contribution >= 0.6 is 31.9 Å². The van der Waals surface area contributed by atoms with Crippen molar-refractivity contribution in [1.29, 1.82) is 0 Å². The van der Waals surface area contributed by atoms with Crippen LogP contribution in [-0.2, 0) is 9.84 Å². The monoisotopic (exact) mass is 484 g/mol. The lowest BCUT2D eigenvalue weighted by molar-refractivity contribution is 0.595. The topological polar surface area (TPSA) is 104 Å². The van der Waals surface area contributed by atoms with Gasteiger partial charge in [0.15, 0.2) is 0 Å². The molecule has 130 valence electrons. The molecule has 0 amide bonds. The minimum absolute atomic E-state index is 0.0197. The fraction of sp³-hybridized carbons (Fsp3) is 0.0625. The van der Waals surface area contributed by atoms with E-state index in [1.165, 1.54) is 16.8 Å². The van der Waals surface area contributed by atoms with E-state index in [0.29, 0.717) is 26.0 Å². The molecule has 1 aromatic heterocycles. The number of nitrogens with two attached hydrogens (primary N) is 2. The number of benzene rings is 2. The third kappa shape index (κ3) is 3.07. The molecule has 0 spiro atoms. The average molecular weight is 486 g/mol. The molecule has 0 aliphatic carbocycles. The second kappa shape index (κ2) is 6.47. The van der Waals surface area contributed by atoms with Gasteiger partial charge in [0.2, 0.25) is 9.84 Å². The highest BCUT2D eigenvalue weighted by atomic mass is 79.9. The molecule has 0 aliphatic rings. The molecule has 0 unspecified atom stereocenters. The van der Waals surface area contributed by atoms with Gasteiger partial charge in [-0.1, -0.05) is 18.2 Å². The van der Waals surface area contributed by atoms with Gasteiger partial charge < -0.3 is 11.5 Å². The summed E-state index contributed by atoms with van der Waals surface area (Å²) in [4.78, 5) is 0.0460. The average Bonchev–Trinajstić information content (AvgIpc) is 2.86. The summed E-state index contributed by atoms with van der Waals surface area (Å²) in [6, 6.07) is 12.1. The Balaban J connectivity index is 2.23. The fourth-order valence-electron chi connectivity index (χ4n) is 2.49. The van der Waals surface area contributed by atoms with Crippen LogP contribution in [0.1, 0.15) is 5.69 Å². The van der Waals surface area contributed by atoms with E-state index in [0.717, 1.165) is 0 Å². The van der Waals surface area contributed by atoms with E-state index in [1.807, 2.05) is 18.2 Å². The Kier molecular flexibility index (Phi) is 4.65. The van der Waals surface area contributed by atoms with Gasteiger partial charge in [-0.2, -0.15) is 5.10 Å². The summed E-state index contributed by atoms with van der Waals surface area (Å²) < 4.78 is 28.6. The molecule has 3 aromatic rings. The molecule has 0 fully saturated rings. The molecule has 25 heavy (non-hydrogen) atoms. The Morgan fingerprint density at radius 2 is 1.68 bits per heavy atom. The van der Waals surface area contributed by atoms with Gasteiger partial charge in [-0.05, 0) is 63.0 Å². The fourth-order valence-corrected chi connectivity index (χ4v) is 5.58. The first-order chi connectivity index (χ1) is 11.7. The minimum atomic E-state index is -3.90. The van der Waals surface area contributed by atoms with Crippen LogP contribution in [0.5, 0.6) is 0 Å². The van der Waals surface area contributed by atoms with Gasteiger partial charge in [0.05, 0.1) is 16.3 Å². The number of para-hydroxylation sites is 1.